The van der Waals surface area contributed by atoms with Crippen LogP contribution in [0.25, 0.3) is 0 Å². The molecule has 1 aliphatic rings. The van der Waals surface area contributed by atoms with Crippen molar-refractivity contribution in [1.82, 2.24) is 5.32 Å². The highest BCUT2D eigenvalue weighted by molar-refractivity contribution is 7.92. The molecule has 0 spiro atoms. The third-order valence-electron chi connectivity index (χ3n) is 3.94. The van der Waals surface area contributed by atoms with Gasteiger partial charge in [-0.3, -0.25) is 9.10 Å². The van der Waals surface area contributed by atoms with Crippen molar-refractivity contribution in [3.8, 4) is 0 Å². The highest BCUT2D eigenvalue weighted by Crippen LogP contribution is 2.23. The van der Waals surface area contributed by atoms with Gasteiger partial charge in [0.1, 0.15) is 11.9 Å². The van der Waals surface area contributed by atoms with Crippen molar-refractivity contribution >= 4 is 21.6 Å². The number of carbonyl (C=O) groups excluding carboxylic acids is 1. The van der Waals surface area contributed by atoms with Gasteiger partial charge in [0.2, 0.25) is 15.9 Å². The van der Waals surface area contributed by atoms with E-state index >= 15 is 0 Å². The summed E-state index contributed by atoms with van der Waals surface area (Å²) in [7, 11) is -3.71. The minimum atomic E-state index is -3.71. The average Bonchev–Trinajstić information content (AvgIpc) is 3.03. The summed E-state index contributed by atoms with van der Waals surface area (Å²) >= 11 is 0. The van der Waals surface area contributed by atoms with Crippen molar-refractivity contribution in [2.75, 3.05) is 23.7 Å². The van der Waals surface area contributed by atoms with Gasteiger partial charge in [-0.1, -0.05) is 6.92 Å². The Morgan fingerprint density at radius 1 is 1.42 bits per heavy atom. The molecule has 1 N–H and O–H groups in total. The molecule has 0 radical (unpaired) electrons. The van der Waals surface area contributed by atoms with E-state index in [0.717, 1.165) is 23.4 Å². The summed E-state index contributed by atoms with van der Waals surface area (Å²) in [6.45, 7) is 2.77. The van der Waals surface area contributed by atoms with Crippen molar-refractivity contribution in [3.05, 3.63) is 30.1 Å². The summed E-state index contributed by atoms with van der Waals surface area (Å²) in [6.07, 6.45) is 3.14. The quantitative estimate of drug-likeness (QED) is 0.804. The lowest BCUT2D eigenvalue weighted by Crippen LogP contribution is -2.50. The zero-order valence-electron chi connectivity index (χ0n) is 13.9. The van der Waals surface area contributed by atoms with E-state index in [1.807, 2.05) is 0 Å². The molecule has 0 aromatic heterocycles. The van der Waals surface area contributed by atoms with Gasteiger partial charge < -0.3 is 10.1 Å². The number of benzene rings is 1. The summed E-state index contributed by atoms with van der Waals surface area (Å²) < 4.78 is 44.0. The van der Waals surface area contributed by atoms with E-state index in [1.165, 1.54) is 24.3 Å². The molecule has 0 saturated carbocycles. The Morgan fingerprint density at radius 3 is 2.58 bits per heavy atom. The molecule has 1 aromatic rings. The standard InChI is InChI=1S/C16H23FN2O4S/c1-3-15(16(20)18-11-14-5-4-10-23-14)19(24(2,21)22)13-8-6-12(17)7-9-13/h6-9,14-15H,3-5,10-11H2,1-2H3,(H,18,20). The molecule has 1 heterocycles. The monoisotopic (exact) mass is 358 g/mol. The molecule has 1 saturated heterocycles. The van der Waals surface area contributed by atoms with Crippen molar-refractivity contribution in [2.45, 2.75) is 38.3 Å². The number of halogens is 1. The second kappa shape index (κ2) is 7.94. The van der Waals surface area contributed by atoms with Crippen molar-refractivity contribution < 1.29 is 22.3 Å². The van der Waals surface area contributed by atoms with Gasteiger partial charge >= 0.3 is 0 Å². The van der Waals surface area contributed by atoms with Gasteiger partial charge in [-0.05, 0) is 43.5 Å². The zero-order chi connectivity index (χ0) is 17.7. The first kappa shape index (κ1) is 18.7. The van der Waals surface area contributed by atoms with Gasteiger partial charge in [-0.2, -0.15) is 0 Å². The second-order valence-corrected chi connectivity index (χ2v) is 7.70. The Hall–Kier alpha value is -1.67. The number of carbonyl (C=O) groups is 1. The molecule has 2 atom stereocenters. The molecule has 1 fully saturated rings. The van der Waals surface area contributed by atoms with Crippen LogP contribution in [0.1, 0.15) is 26.2 Å². The lowest BCUT2D eigenvalue weighted by molar-refractivity contribution is -0.122. The van der Waals surface area contributed by atoms with Crippen molar-refractivity contribution in [2.24, 2.45) is 0 Å². The van der Waals surface area contributed by atoms with Crippen LogP contribution in [0.15, 0.2) is 24.3 Å². The van der Waals surface area contributed by atoms with Crippen LogP contribution in [0.2, 0.25) is 0 Å². The third kappa shape index (κ3) is 4.67. The Morgan fingerprint density at radius 2 is 2.08 bits per heavy atom. The number of sulfonamides is 1. The highest BCUT2D eigenvalue weighted by atomic mass is 32.2. The van der Waals surface area contributed by atoms with Crippen LogP contribution in [-0.4, -0.2) is 45.9 Å². The molecule has 1 aliphatic heterocycles. The second-order valence-electron chi connectivity index (χ2n) is 5.84. The van der Waals surface area contributed by atoms with Gasteiger partial charge in [0.05, 0.1) is 18.0 Å². The van der Waals surface area contributed by atoms with E-state index in [4.69, 9.17) is 4.74 Å². The Labute approximate surface area is 142 Å². The Balaban J connectivity index is 2.18. The molecule has 0 bridgehead atoms. The number of nitrogens with one attached hydrogen (secondary N) is 1. The van der Waals surface area contributed by atoms with Crippen LogP contribution in [0.4, 0.5) is 10.1 Å². The van der Waals surface area contributed by atoms with E-state index in [-0.39, 0.29) is 17.7 Å². The first-order valence-electron chi connectivity index (χ1n) is 7.97. The van der Waals surface area contributed by atoms with E-state index in [2.05, 4.69) is 5.32 Å². The smallest absolute Gasteiger partial charge is 0.243 e. The first-order chi connectivity index (χ1) is 11.3. The van der Waals surface area contributed by atoms with Gasteiger partial charge in [-0.25, -0.2) is 12.8 Å². The molecule has 1 amide bonds. The number of rotatable bonds is 7. The van der Waals surface area contributed by atoms with Crippen LogP contribution < -0.4 is 9.62 Å². The van der Waals surface area contributed by atoms with Gasteiger partial charge in [0, 0.05) is 13.2 Å². The Bertz CT molecular complexity index is 657. The predicted molar refractivity (Wildman–Crippen MR) is 89.8 cm³/mol. The predicted octanol–water partition coefficient (Wildman–Crippen LogP) is 1.67. The molecule has 24 heavy (non-hydrogen) atoms. The number of amides is 1. The van der Waals surface area contributed by atoms with E-state index in [1.54, 1.807) is 6.92 Å². The molecular formula is C16H23FN2O4S. The van der Waals surface area contributed by atoms with Crippen LogP contribution in [0.3, 0.4) is 0 Å². The molecular weight excluding hydrogens is 335 g/mol. The normalized spacial score (nSPS) is 19.0. The fourth-order valence-electron chi connectivity index (χ4n) is 2.79. The summed E-state index contributed by atoms with van der Waals surface area (Å²) in [4.78, 5) is 12.5. The van der Waals surface area contributed by atoms with E-state index < -0.39 is 21.9 Å². The largest absolute Gasteiger partial charge is 0.376 e. The van der Waals surface area contributed by atoms with E-state index in [0.29, 0.717) is 19.6 Å². The Kier molecular flexibility index (Phi) is 6.17. The molecule has 8 heteroatoms. The maximum atomic E-state index is 13.1. The molecule has 0 aliphatic carbocycles. The summed E-state index contributed by atoms with van der Waals surface area (Å²) in [5.74, 6) is -0.856. The lowest BCUT2D eigenvalue weighted by atomic mass is 10.1. The first-order valence-corrected chi connectivity index (χ1v) is 9.82. The van der Waals surface area contributed by atoms with Crippen molar-refractivity contribution in [3.63, 3.8) is 0 Å². The summed E-state index contributed by atoms with van der Waals surface area (Å²) in [5.41, 5.74) is 0.262. The number of ether oxygens (including phenoxy) is 1. The van der Waals surface area contributed by atoms with Crippen LogP contribution in [0, 0.1) is 5.82 Å². The molecule has 1 aromatic carbocycles. The van der Waals surface area contributed by atoms with Gasteiger partial charge in [-0.15, -0.1) is 0 Å². The summed E-state index contributed by atoms with van der Waals surface area (Å²) in [5, 5.41) is 2.77. The maximum Gasteiger partial charge on any atom is 0.243 e. The van der Waals surface area contributed by atoms with E-state index in [9.17, 15) is 17.6 Å². The SMILES string of the molecule is CCC(C(=O)NCC1CCCO1)N(c1ccc(F)cc1)S(C)(=O)=O. The molecule has 134 valence electrons. The molecule has 6 nitrogen and oxygen atoms in total. The number of hydrogen-bond donors (Lipinski definition) is 1. The fraction of sp³-hybridized carbons (Fsp3) is 0.562. The van der Waals surface area contributed by atoms with Crippen LogP contribution in [0.5, 0.6) is 0 Å². The van der Waals surface area contributed by atoms with Crippen LogP contribution >= 0.6 is 0 Å². The topological polar surface area (TPSA) is 75.7 Å². The van der Waals surface area contributed by atoms with Gasteiger partial charge in [0.15, 0.2) is 0 Å². The van der Waals surface area contributed by atoms with Crippen LogP contribution in [-0.2, 0) is 19.6 Å². The summed E-state index contributed by atoms with van der Waals surface area (Å²) in [6, 6.07) is 4.15. The molecule has 2 rings (SSSR count). The van der Waals surface area contributed by atoms with Crippen molar-refractivity contribution in [1.29, 1.82) is 0 Å². The van der Waals surface area contributed by atoms with Gasteiger partial charge in [0.25, 0.3) is 0 Å². The molecule has 2 unspecified atom stereocenters. The average molecular weight is 358 g/mol. The zero-order valence-corrected chi connectivity index (χ0v) is 14.7. The highest BCUT2D eigenvalue weighted by Gasteiger charge is 2.31. The third-order valence-corrected chi connectivity index (χ3v) is 5.12. The minimum absolute atomic E-state index is 0.0241. The number of anilines is 1. The number of hydrogen-bond acceptors (Lipinski definition) is 4. The fourth-order valence-corrected chi connectivity index (χ4v) is 4.00. The maximum absolute atomic E-state index is 13.1. The minimum Gasteiger partial charge on any atom is -0.376 e. The number of nitrogens with zero attached hydrogens (tertiary/aromatic N) is 1. The lowest BCUT2D eigenvalue weighted by Gasteiger charge is -2.30.